The third-order valence-electron chi connectivity index (χ3n) is 5.11. The maximum Gasteiger partial charge on any atom is 0.241 e. The molecule has 4 N–H and O–H groups in total. The van der Waals surface area contributed by atoms with Gasteiger partial charge in [0.25, 0.3) is 0 Å². The third kappa shape index (κ3) is 5.17. The minimum Gasteiger partial charge on any atom is -0.350 e. The summed E-state index contributed by atoms with van der Waals surface area (Å²) in [6.07, 6.45) is 4.20. The Morgan fingerprint density at radius 2 is 1.81 bits per heavy atom. The van der Waals surface area contributed by atoms with Crippen molar-refractivity contribution < 1.29 is 9.59 Å². The van der Waals surface area contributed by atoms with E-state index >= 15 is 0 Å². The first-order chi connectivity index (χ1) is 13.0. The van der Waals surface area contributed by atoms with Gasteiger partial charge in [-0.05, 0) is 43.0 Å². The molecule has 3 rings (SSSR count). The Kier molecular flexibility index (Phi) is 6.24. The summed E-state index contributed by atoms with van der Waals surface area (Å²) in [5.74, 6) is -0.00445. The van der Waals surface area contributed by atoms with Gasteiger partial charge in [-0.25, -0.2) is 0 Å². The van der Waals surface area contributed by atoms with Gasteiger partial charge in [-0.2, -0.15) is 0 Å². The number of benzene rings is 2. The smallest absolute Gasteiger partial charge is 0.241 e. The Bertz CT molecular complexity index is 795. The SMILES string of the molecule is Cc1ccc(C(N)C(=O)NCc2cccc(NC(=O)C3CCCC3)c2)cc1. The zero-order valence-corrected chi connectivity index (χ0v) is 15.7. The van der Waals surface area contributed by atoms with Crippen LogP contribution < -0.4 is 16.4 Å². The zero-order valence-electron chi connectivity index (χ0n) is 15.7. The van der Waals surface area contributed by atoms with E-state index in [-0.39, 0.29) is 17.7 Å². The van der Waals surface area contributed by atoms with E-state index in [2.05, 4.69) is 10.6 Å². The monoisotopic (exact) mass is 365 g/mol. The summed E-state index contributed by atoms with van der Waals surface area (Å²) in [5, 5.41) is 5.86. The van der Waals surface area contributed by atoms with Crippen LogP contribution in [0.3, 0.4) is 0 Å². The number of nitrogens with one attached hydrogen (secondary N) is 2. The van der Waals surface area contributed by atoms with Crippen LogP contribution in [0.5, 0.6) is 0 Å². The summed E-state index contributed by atoms with van der Waals surface area (Å²) in [5.41, 5.74) is 9.65. The summed E-state index contributed by atoms with van der Waals surface area (Å²) >= 11 is 0. The van der Waals surface area contributed by atoms with Crippen LogP contribution in [0.4, 0.5) is 5.69 Å². The van der Waals surface area contributed by atoms with Crippen LogP contribution in [0.2, 0.25) is 0 Å². The van der Waals surface area contributed by atoms with E-state index in [0.717, 1.165) is 48.1 Å². The molecule has 0 radical (unpaired) electrons. The fourth-order valence-electron chi connectivity index (χ4n) is 3.42. The molecule has 1 atom stereocenters. The van der Waals surface area contributed by atoms with Gasteiger partial charge in [-0.3, -0.25) is 9.59 Å². The minimum absolute atomic E-state index is 0.0927. The molecule has 5 heteroatoms. The Labute approximate surface area is 160 Å². The minimum atomic E-state index is -0.698. The van der Waals surface area contributed by atoms with Crippen LogP contribution in [-0.2, 0) is 16.1 Å². The maximum atomic E-state index is 12.3. The fourth-order valence-corrected chi connectivity index (χ4v) is 3.42. The summed E-state index contributed by atoms with van der Waals surface area (Å²) in [4.78, 5) is 24.6. The van der Waals surface area contributed by atoms with Gasteiger partial charge in [0.15, 0.2) is 0 Å². The summed E-state index contributed by atoms with van der Waals surface area (Å²) in [6, 6.07) is 14.5. The van der Waals surface area contributed by atoms with Gasteiger partial charge in [0.2, 0.25) is 11.8 Å². The number of hydrogen-bond donors (Lipinski definition) is 3. The van der Waals surface area contributed by atoms with E-state index in [1.807, 2.05) is 55.5 Å². The summed E-state index contributed by atoms with van der Waals surface area (Å²) in [6.45, 7) is 2.36. The Balaban J connectivity index is 1.55. The van der Waals surface area contributed by atoms with Gasteiger partial charge in [0, 0.05) is 18.2 Å². The second-order valence-corrected chi connectivity index (χ2v) is 7.28. The maximum absolute atomic E-state index is 12.3. The second-order valence-electron chi connectivity index (χ2n) is 7.28. The Morgan fingerprint density at radius 3 is 2.52 bits per heavy atom. The number of carbonyl (C=O) groups is 2. The molecule has 0 heterocycles. The van der Waals surface area contributed by atoms with E-state index in [9.17, 15) is 9.59 Å². The van der Waals surface area contributed by atoms with Crippen molar-refractivity contribution in [3.8, 4) is 0 Å². The Hall–Kier alpha value is -2.66. The van der Waals surface area contributed by atoms with E-state index < -0.39 is 6.04 Å². The van der Waals surface area contributed by atoms with Gasteiger partial charge < -0.3 is 16.4 Å². The predicted octanol–water partition coefficient (Wildman–Crippen LogP) is 3.44. The molecule has 1 aliphatic carbocycles. The molecule has 142 valence electrons. The Morgan fingerprint density at radius 1 is 1.11 bits per heavy atom. The zero-order chi connectivity index (χ0) is 19.2. The quantitative estimate of drug-likeness (QED) is 0.733. The third-order valence-corrected chi connectivity index (χ3v) is 5.11. The number of anilines is 1. The standard InChI is InChI=1S/C22H27N3O2/c1-15-9-11-17(12-10-15)20(23)22(27)24-14-16-5-4-8-19(13-16)25-21(26)18-6-2-3-7-18/h4-5,8-13,18,20H,2-3,6-7,14,23H2,1H3,(H,24,27)(H,25,26). The molecule has 1 unspecified atom stereocenters. The molecule has 0 aliphatic heterocycles. The molecule has 2 amide bonds. The highest BCUT2D eigenvalue weighted by atomic mass is 16.2. The number of aryl methyl sites for hydroxylation is 1. The van der Waals surface area contributed by atoms with Gasteiger partial charge in [0.1, 0.15) is 6.04 Å². The lowest BCUT2D eigenvalue weighted by atomic mass is 10.1. The van der Waals surface area contributed by atoms with Crippen LogP contribution in [0.15, 0.2) is 48.5 Å². The fraction of sp³-hybridized carbons (Fsp3) is 0.364. The number of nitrogens with two attached hydrogens (primary N) is 1. The van der Waals surface area contributed by atoms with Crippen molar-refractivity contribution in [2.45, 2.75) is 45.2 Å². The molecule has 0 spiro atoms. The van der Waals surface area contributed by atoms with Crippen molar-refractivity contribution in [2.75, 3.05) is 5.32 Å². The first-order valence-corrected chi connectivity index (χ1v) is 9.52. The number of carbonyl (C=O) groups excluding carboxylic acids is 2. The topological polar surface area (TPSA) is 84.2 Å². The molecular weight excluding hydrogens is 338 g/mol. The van der Waals surface area contributed by atoms with Crippen LogP contribution in [0.1, 0.15) is 48.4 Å². The van der Waals surface area contributed by atoms with Crippen molar-refractivity contribution in [3.05, 3.63) is 65.2 Å². The van der Waals surface area contributed by atoms with Crippen molar-refractivity contribution >= 4 is 17.5 Å². The van der Waals surface area contributed by atoms with Crippen molar-refractivity contribution in [1.29, 1.82) is 0 Å². The highest BCUT2D eigenvalue weighted by Crippen LogP contribution is 2.26. The highest BCUT2D eigenvalue weighted by Gasteiger charge is 2.22. The molecule has 1 saturated carbocycles. The van der Waals surface area contributed by atoms with Gasteiger partial charge >= 0.3 is 0 Å². The van der Waals surface area contributed by atoms with E-state index in [1.165, 1.54) is 0 Å². The first-order valence-electron chi connectivity index (χ1n) is 9.52. The summed E-state index contributed by atoms with van der Waals surface area (Å²) < 4.78 is 0. The molecule has 1 aliphatic rings. The molecular formula is C22H27N3O2. The van der Waals surface area contributed by atoms with Crippen LogP contribution in [-0.4, -0.2) is 11.8 Å². The van der Waals surface area contributed by atoms with Gasteiger partial charge in [0.05, 0.1) is 0 Å². The molecule has 0 saturated heterocycles. The van der Waals surface area contributed by atoms with Gasteiger partial charge in [-0.1, -0.05) is 54.8 Å². The van der Waals surface area contributed by atoms with Crippen molar-refractivity contribution in [2.24, 2.45) is 11.7 Å². The number of hydrogen-bond acceptors (Lipinski definition) is 3. The molecule has 2 aromatic carbocycles. The van der Waals surface area contributed by atoms with E-state index in [0.29, 0.717) is 6.54 Å². The molecule has 2 aromatic rings. The molecule has 27 heavy (non-hydrogen) atoms. The van der Waals surface area contributed by atoms with Gasteiger partial charge in [-0.15, -0.1) is 0 Å². The van der Waals surface area contributed by atoms with E-state index in [4.69, 9.17) is 5.73 Å². The van der Waals surface area contributed by atoms with E-state index in [1.54, 1.807) is 0 Å². The van der Waals surface area contributed by atoms with Crippen molar-refractivity contribution in [3.63, 3.8) is 0 Å². The molecule has 0 bridgehead atoms. The molecule has 5 nitrogen and oxygen atoms in total. The van der Waals surface area contributed by atoms with Crippen LogP contribution in [0, 0.1) is 12.8 Å². The average Bonchev–Trinajstić information content (AvgIpc) is 3.21. The lowest BCUT2D eigenvalue weighted by molar-refractivity contribution is -0.122. The largest absolute Gasteiger partial charge is 0.350 e. The lowest BCUT2D eigenvalue weighted by Gasteiger charge is -2.14. The average molecular weight is 365 g/mol. The number of rotatable bonds is 6. The highest BCUT2D eigenvalue weighted by molar-refractivity contribution is 5.92. The number of amides is 2. The lowest BCUT2D eigenvalue weighted by Crippen LogP contribution is -2.33. The normalized spacial score (nSPS) is 15.3. The second kappa shape index (κ2) is 8.82. The predicted molar refractivity (Wildman–Crippen MR) is 107 cm³/mol. The van der Waals surface area contributed by atoms with Crippen molar-refractivity contribution in [1.82, 2.24) is 5.32 Å². The molecule has 0 aromatic heterocycles. The first kappa shape index (κ1) is 19.1. The van der Waals surface area contributed by atoms with Crippen LogP contribution >= 0.6 is 0 Å². The van der Waals surface area contributed by atoms with Crippen LogP contribution in [0.25, 0.3) is 0 Å². The molecule has 1 fully saturated rings. The summed E-state index contributed by atoms with van der Waals surface area (Å²) in [7, 11) is 0.